The van der Waals surface area contributed by atoms with Crippen molar-refractivity contribution in [1.29, 1.82) is 0 Å². The molecule has 106 valence electrons. The zero-order valence-electron chi connectivity index (χ0n) is 10.4. The van der Waals surface area contributed by atoms with Crippen LogP contribution in [0, 0.1) is 17.5 Å². The van der Waals surface area contributed by atoms with E-state index in [2.05, 4.69) is 5.43 Å². The van der Waals surface area contributed by atoms with Crippen molar-refractivity contribution in [1.82, 2.24) is 5.43 Å². The molecule has 0 bridgehead atoms. The molecule has 2 nitrogen and oxygen atoms in total. The minimum atomic E-state index is -0.675. The third kappa shape index (κ3) is 3.53. The number of halogens is 3. The van der Waals surface area contributed by atoms with E-state index in [-0.39, 0.29) is 11.4 Å². The molecular weight excluding hydrogens is 285 g/mol. The summed E-state index contributed by atoms with van der Waals surface area (Å²) in [7, 11) is 0. The topological polar surface area (TPSA) is 38.0 Å². The van der Waals surface area contributed by atoms with Crippen LogP contribution >= 0.6 is 11.8 Å². The Kier molecular flexibility index (Phi) is 5.05. The fraction of sp³-hybridized carbons (Fsp3) is 0.143. The Hall–Kier alpha value is -1.50. The van der Waals surface area contributed by atoms with Gasteiger partial charge in [-0.25, -0.2) is 13.2 Å². The van der Waals surface area contributed by atoms with Gasteiger partial charge >= 0.3 is 0 Å². The molecule has 0 heterocycles. The fourth-order valence-corrected chi connectivity index (χ4v) is 2.72. The maximum absolute atomic E-state index is 13.7. The number of thioether (sulfide) groups is 1. The van der Waals surface area contributed by atoms with Gasteiger partial charge in [0.25, 0.3) is 0 Å². The van der Waals surface area contributed by atoms with Gasteiger partial charge in [-0.15, -0.1) is 11.8 Å². The van der Waals surface area contributed by atoms with E-state index in [0.717, 1.165) is 4.90 Å². The second-order valence-electron chi connectivity index (χ2n) is 4.12. The van der Waals surface area contributed by atoms with Crippen LogP contribution in [0.4, 0.5) is 13.2 Å². The summed E-state index contributed by atoms with van der Waals surface area (Å²) in [6.07, 6.45) is 0. The van der Waals surface area contributed by atoms with E-state index in [1.807, 2.05) is 0 Å². The molecule has 6 heteroatoms. The van der Waals surface area contributed by atoms with Gasteiger partial charge in [-0.1, -0.05) is 6.07 Å². The van der Waals surface area contributed by atoms with Crippen molar-refractivity contribution in [3.8, 4) is 0 Å². The van der Waals surface area contributed by atoms with Crippen LogP contribution in [0.1, 0.15) is 11.6 Å². The second-order valence-corrected chi connectivity index (χ2v) is 5.21. The highest BCUT2D eigenvalue weighted by molar-refractivity contribution is 7.99. The highest BCUT2D eigenvalue weighted by Crippen LogP contribution is 2.27. The van der Waals surface area contributed by atoms with E-state index >= 15 is 0 Å². The van der Waals surface area contributed by atoms with Gasteiger partial charge in [-0.05, 0) is 36.4 Å². The summed E-state index contributed by atoms with van der Waals surface area (Å²) in [4.78, 5) is 0.795. The largest absolute Gasteiger partial charge is 0.271 e. The van der Waals surface area contributed by atoms with Gasteiger partial charge in [-0.3, -0.25) is 11.3 Å². The fourth-order valence-electron chi connectivity index (χ4n) is 1.77. The number of hydrazine groups is 1. The summed E-state index contributed by atoms with van der Waals surface area (Å²) in [5, 5.41) is 0. The maximum Gasteiger partial charge on any atom is 0.130 e. The van der Waals surface area contributed by atoms with Crippen molar-refractivity contribution in [2.45, 2.75) is 10.9 Å². The number of nitrogens with two attached hydrogens (primary N) is 1. The molecule has 3 N–H and O–H groups in total. The molecule has 2 aromatic rings. The molecule has 20 heavy (non-hydrogen) atoms. The summed E-state index contributed by atoms with van der Waals surface area (Å²) in [5.74, 6) is 4.07. The van der Waals surface area contributed by atoms with Gasteiger partial charge in [0, 0.05) is 16.2 Å². The third-order valence-electron chi connectivity index (χ3n) is 2.78. The lowest BCUT2D eigenvalue weighted by atomic mass is 10.1. The Labute approximate surface area is 119 Å². The molecule has 0 amide bonds. The van der Waals surface area contributed by atoms with Crippen molar-refractivity contribution in [3.05, 3.63) is 65.5 Å². The molecule has 1 unspecified atom stereocenters. The summed E-state index contributed by atoms with van der Waals surface area (Å²) >= 11 is 1.33. The number of benzene rings is 2. The minimum absolute atomic E-state index is 0.0930. The molecular formula is C14H13F3N2S. The summed E-state index contributed by atoms with van der Waals surface area (Å²) in [6.45, 7) is 0. The quantitative estimate of drug-likeness (QED) is 0.505. The van der Waals surface area contributed by atoms with Crippen molar-refractivity contribution >= 4 is 11.8 Å². The van der Waals surface area contributed by atoms with E-state index < -0.39 is 17.7 Å². The molecule has 0 fully saturated rings. The van der Waals surface area contributed by atoms with Gasteiger partial charge in [-0.2, -0.15) is 0 Å². The normalized spacial score (nSPS) is 12.4. The molecule has 0 aliphatic rings. The van der Waals surface area contributed by atoms with Crippen LogP contribution in [0.25, 0.3) is 0 Å². The monoisotopic (exact) mass is 298 g/mol. The van der Waals surface area contributed by atoms with Gasteiger partial charge in [0.1, 0.15) is 17.5 Å². The van der Waals surface area contributed by atoms with Crippen molar-refractivity contribution < 1.29 is 13.2 Å². The standard InChI is InChI=1S/C14H13F3N2S/c15-9-4-6-10(7-5-9)20-8-13(19-18)14-11(16)2-1-3-12(14)17/h1-7,13,19H,8,18H2. The smallest absolute Gasteiger partial charge is 0.130 e. The van der Waals surface area contributed by atoms with Gasteiger partial charge in [0.2, 0.25) is 0 Å². The lowest BCUT2D eigenvalue weighted by Gasteiger charge is -2.17. The molecule has 0 spiro atoms. The van der Waals surface area contributed by atoms with Gasteiger partial charge < -0.3 is 0 Å². The third-order valence-corrected chi connectivity index (χ3v) is 3.89. The Morgan fingerprint density at radius 2 is 1.60 bits per heavy atom. The van der Waals surface area contributed by atoms with Crippen LogP contribution in [0.3, 0.4) is 0 Å². The van der Waals surface area contributed by atoms with Crippen molar-refractivity contribution in [2.24, 2.45) is 5.84 Å². The van der Waals surface area contributed by atoms with E-state index in [4.69, 9.17) is 5.84 Å². The van der Waals surface area contributed by atoms with E-state index in [1.165, 1.54) is 42.1 Å². The Bertz CT molecular complexity index is 555. The molecule has 2 aromatic carbocycles. The van der Waals surface area contributed by atoms with Gasteiger partial charge in [0.05, 0.1) is 6.04 Å². The summed E-state index contributed by atoms with van der Waals surface area (Å²) < 4.78 is 40.1. The molecule has 0 aliphatic heterocycles. The first-order valence-corrected chi connectivity index (χ1v) is 6.89. The molecule has 2 rings (SSSR count). The van der Waals surface area contributed by atoms with Crippen LogP contribution in [-0.2, 0) is 0 Å². The Morgan fingerprint density at radius 3 is 2.15 bits per heavy atom. The number of nitrogens with one attached hydrogen (secondary N) is 1. The molecule has 0 saturated carbocycles. The van der Waals surface area contributed by atoms with Crippen LogP contribution in [0.5, 0.6) is 0 Å². The van der Waals surface area contributed by atoms with Gasteiger partial charge in [0.15, 0.2) is 0 Å². The zero-order chi connectivity index (χ0) is 14.5. The lowest BCUT2D eigenvalue weighted by molar-refractivity contribution is 0.500. The zero-order valence-corrected chi connectivity index (χ0v) is 11.3. The summed E-state index contributed by atoms with van der Waals surface area (Å²) in [5.41, 5.74) is 2.31. The number of hydrogen-bond donors (Lipinski definition) is 2. The van der Waals surface area contributed by atoms with Crippen molar-refractivity contribution in [3.63, 3.8) is 0 Å². The predicted molar refractivity (Wildman–Crippen MR) is 73.5 cm³/mol. The molecule has 0 saturated heterocycles. The molecule has 0 aliphatic carbocycles. The second kappa shape index (κ2) is 6.78. The first-order valence-electron chi connectivity index (χ1n) is 5.90. The minimum Gasteiger partial charge on any atom is -0.271 e. The Morgan fingerprint density at radius 1 is 1.00 bits per heavy atom. The highest BCUT2D eigenvalue weighted by Gasteiger charge is 2.19. The lowest BCUT2D eigenvalue weighted by Crippen LogP contribution is -2.31. The Balaban J connectivity index is 2.11. The van der Waals surface area contributed by atoms with Crippen LogP contribution in [0.2, 0.25) is 0 Å². The highest BCUT2D eigenvalue weighted by atomic mass is 32.2. The van der Waals surface area contributed by atoms with E-state index in [1.54, 1.807) is 12.1 Å². The van der Waals surface area contributed by atoms with Crippen LogP contribution < -0.4 is 11.3 Å². The predicted octanol–water partition coefficient (Wildman–Crippen LogP) is 3.40. The maximum atomic E-state index is 13.7. The average molecular weight is 298 g/mol. The van der Waals surface area contributed by atoms with E-state index in [0.29, 0.717) is 5.75 Å². The summed E-state index contributed by atoms with van der Waals surface area (Å²) in [6, 6.07) is 8.86. The average Bonchev–Trinajstić information content (AvgIpc) is 2.44. The molecule has 1 atom stereocenters. The van der Waals surface area contributed by atoms with Crippen molar-refractivity contribution in [2.75, 3.05) is 5.75 Å². The SMILES string of the molecule is NNC(CSc1ccc(F)cc1)c1c(F)cccc1F. The van der Waals surface area contributed by atoms with Crippen LogP contribution in [0.15, 0.2) is 47.4 Å². The number of rotatable bonds is 5. The first-order chi connectivity index (χ1) is 9.61. The molecule has 0 aromatic heterocycles. The molecule has 0 radical (unpaired) electrons. The number of hydrogen-bond acceptors (Lipinski definition) is 3. The van der Waals surface area contributed by atoms with E-state index in [9.17, 15) is 13.2 Å². The first kappa shape index (κ1) is 14.9. The van der Waals surface area contributed by atoms with Crippen LogP contribution in [-0.4, -0.2) is 5.75 Å².